The van der Waals surface area contributed by atoms with Crippen LogP contribution in [0.3, 0.4) is 0 Å². The van der Waals surface area contributed by atoms with E-state index in [1.165, 1.54) is 11.5 Å². The number of benzene rings is 2. The fourth-order valence-corrected chi connectivity index (χ4v) is 3.60. The Labute approximate surface area is 168 Å². The normalized spacial score (nSPS) is 11.6. The molecule has 0 aliphatic heterocycles. The average Bonchev–Trinajstić information content (AvgIpc) is 2.85. The summed E-state index contributed by atoms with van der Waals surface area (Å²) in [5.74, 6) is -0.400. The molecule has 3 rings (SSSR count). The van der Waals surface area contributed by atoms with Crippen molar-refractivity contribution in [1.82, 2.24) is 4.57 Å². The van der Waals surface area contributed by atoms with E-state index in [9.17, 15) is 14.7 Å². The van der Waals surface area contributed by atoms with Gasteiger partial charge in [-0.15, -0.1) is 0 Å². The molecule has 0 saturated carbocycles. The second-order valence-corrected chi connectivity index (χ2v) is 8.20. The first kappa shape index (κ1) is 20.0. The fraction of sp³-hybridized carbons (Fsp3) is 0.273. The van der Waals surface area contributed by atoms with Gasteiger partial charge in [-0.1, -0.05) is 32.4 Å². The zero-order chi connectivity index (χ0) is 20.8. The summed E-state index contributed by atoms with van der Waals surface area (Å²) in [6, 6.07) is 9.81. The van der Waals surface area contributed by atoms with E-state index in [0.29, 0.717) is 32.7 Å². The van der Waals surface area contributed by atoms with Crippen LogP contribution in [0.2, 0.25) is 5.02 Å². The molecule has 0 spiro atoms. The molecule has 0 amide bonds. The van der Waals surface area contributed by atoms with Crippen molar-refractivity contribution in [2.24, 2.45) is 0 Å². The molecule has 0 saturated heterocycles. The van der Waals surface area contributed by atoms with Crippen molar-refractivity contribution in [3.8, 4) is 11.5 Å². The molecule has 3 aromatic rings. The Kier molecular flexibility index (Phi) is 4.98. The van der Waals surface area contributed by atoms with E-state index >= 15 is 0 Å². The van der Waals surface area contributed by atoms with Crippen LogP contribution in [0.25, 0.3) is 10.9 Å². The van der Waals surface area contributed by atoms with Crippen LogP contribution in [0.15, 0.2) is 36.4 Å². The molecule has 0 unspecified atom stereocenters. The summed E-state index contributed by atoms with van der Waals surface area (Å²) in [7, 11) is 0. The van der Waals surface area contributed by atoms with Crippen molar-refractivity contribution in [3.63, 3.8) is 0 Å². The van der Waals surface area contributed by atoms with Crippen molar-refractivity contribution < 1.29 is 19.4 Å². The van der Waals surface area contributed by atoms with Crippen LogP contribution in [0.4, 0.5) is 0 Å². The lowest BCUT2D eigenvalue weighted by atomic mass is 9.84. The summed E-state index contributed by atoms with van der Waals surface area (Å²) in [4.78, 5) is 25.0. The summed E-state index contributed by atoms with van der Waals surface area (Å²) < 4.78 is 7.00. The largest absolute Gasteiger partial charge is 0.508 e. The predicted molar refractivity (Wildman–Crippen MR) is 110 cm³/mol. The lowest BCUT2D eigenvalue weighted by Crippen LogP contribution is -2.14. The molecule has 0 radical (unpaired) electrons. The molecule has 2 aromatic carbocycles. The van der Waals surface area contributed by atoms with E-state index in [-0.39, 0.29) is 17.4 Å². The fourth-order valence-electron chi connectivity index (χ4n) is 3.47. The number of hydrogen-bond donors (Lipinski definition) is 1. The Bertz CT molecular complexity index is 1090. The van der Waals surface area contributed by atoms with Crippen LogP contribution >= 0.6 is 11.6 Å². The first-order valence-corrected chi connectivity index (χ1v) is 9.26. The van der Waals surface area contributed by atoms with Crippen LogP contribution in [0, 0.1) is 6.92 Å². The smallest absolute Gasteiger partial charge is 0.308 e. The minimum Gasteiger partial charge on any atom is -0.508 e. The second-order valence-electron chi connectivity index (χ2n) is 7.76. The van der Waals surface area contributed by atoms with Gasteiger partial charge in [0.2, 0.25) is 0 Å². The van der Waals surface area contributed by atoms with E-state index in [0.717, 1.165) is 0 Å². The Morgan fingerprint density at radius 3 is 2.21 bits per heavy atom. The highest BCUT2D eigenvalue weighted by molar-refractivity contribution is 6.30. The van der Waals surface area contributed by atoms with Gasteiger partial charge in [-0.25, -0.2) is 0 Å². The van der Waals surface area contributed by atoms with Gasteiger partial charge in [0.25, 0.3) is 5.91 Å². The summed E-state index contributed by atoms with van der Waals surface area (Å²) in [6.07, 6.45) is 0. The van der Waals surface area contributed by atoms with E-state index in [1.807, 2.05) is 20.8 Å². The van der Waals surface area contributed by atoms with Crippen LogP contribution in [-0.4, -0.2) is 21.6 Å². The van der Waals surface area contributed by atoms with E-state index in [4.69, 9.17) is 16.3 Å². The third-order valence-electron chi connectivity index (χ3n) is 4.58. The van der Waals surface area contributed by atoms with Gasteiger partial charge in [0.1, 0.15) is 5.75 Å². The summed E-state index contributed by atoms with van der Waals surface area (Å²) >= 11 is 5.94. The van der Waals surface area contributed by atoms with Crippen molar-refractivity contribution in [2.75, 3.05) is 0 Å². The number of phenolic OH excluding ortho intramolecular Hbond substituents is 1. The summed E-state index contributed by atoms with van der Waals surface area (Å²) in [5.41, 5.74) is 1.68. The van der Waals surface area contributed by atoms with Crippen molar-refractivity contribution >= 4 is 34.4 Å². The zero-order valence-electron chi connectivity index (χ0n) is 16.5. The number of phenols is 1. The maximum atomic E-state index is 13.3. The van der Waals surface area contributed by atoms with Gasteiger partial charge in [-0.2, -0.15) is 0 Å². The molecule has 146 valence electrons. The second kappa shape index (κ2) is 6.99. The molecule has 6 heteroatoms. The topological polar surface area (TPSA) is 68.5 Å². The number of halogens is 1. The molecular weight excluding hydrogens is 378 g/mol. The number of hydrogen-bond acceptors (Lipinski definition) is 4. The molecule has 0 fully saturated rings. The molecule has 0 bridgehead atoms. The van der Waals surface area contributed by atoms with Crippen LogP contribution in [-0.2, 0) is 10.2 Å². The standard InChI is InChI=1S/C22H22ClNO4/c1-12-20(28-13(2)25)18-16(10-11-17(26)19(18)22(3,4)5)24(12)21(27)14-6-8-15(23)9-7-14/h6-11,26H,1-5H3. The van der Waals surface area contributed by atoms with Gasteiger partial charge in [-0.05, 0) is 48.7 Å². The lowest BCUT2D eigenvalue weighted by Gasteiger charge is -2.22. The van der Waals surface area contributed by atoms with Crippen LogP contribution in [0.1, 0.15) is 49.3 Å². The van der Waals surface area contributed by atoms with Crippen molar-refractivity contribution in [2.45, 2.75) is 40.0 Å². The third kappa shape index (κ3) is 3.38. The molecule has 1 aromatic heterocycles. The van der Waals surface area contributed by atoms with Crippen LogP contribution in [0.5, 0.6) is 11.5 Å². The number of aromatic nitrogens is 1. The highest BCUT2D eigenvalue weighted by Gasteiger charge is 2.30. The number of carbonyl (C=O) groups excluding carboxylic acids is 2. The van der Waals surface area contributed by atoms with E-state index < -0.39 is 11.4 Å². The Morgan fingerprint density at radius 2 is 1.68 bits per heavy atom. The highest BCUT2D eigenvalue weighted by Crippen LogP contribution is 2.44. The number of nitrogens with zero attached hydrogens (tertiary/aromatic N) is 1. The Hall–Kier alpha value is -2.79. The molecular formula is C22H22ClNO4. The molecule has 0 aliphatic carbocycles. The van der Waals surface area contributed by atoms with Gasteiger partial charge in [-0.3, -0.25) is 14.2 Å². The third-order valence-corrected chi connectivity index (χ3v) is 4.84. The van der Waals surface area contributed by atoms with Gasteiger partial charge in [0, 0.05) is 23.1 Å². The molecule has 1 heterocycles. The quantitative estimate of drug-likeness (QED) is 0.600. The van der Waals surface area contributed by atoms with Crippen molar-refractivity contribution in [3.05, 3.63) is 58.2 Å². The number of rotatable bonds is 2. The van der Waals surface area contributed by atoms with Crippen LogP contribution < -0.4 is 4.74 Å². The molecule has 0 atom stereocenters. The maximum absolute atomic E-state index is 13.3. The minimum atomic E-state index is -0.496. The van der Waals surface area contributed by atoms with Gasteiger partial charge < -0.3 is 9.84 Å². The highest BCUT2D eigenvalue weighted by atomic mass is 35.5. The molecule has 0 aliphatic rings. The van der Waals surface area contributed by atoms with E-state index in [1.54, 1.807) is 43.3 Å². The number of aromatic hydroxyl groups is 1. The zero-order valence-corrected chi connectivity index (χ0v) is 17.2. The Balaban J connectivity index is 2.39. The SMILES string of the molecule is CC(=O)Oc1c(C)n(C(=O)c2ccc(Cl)cc2)c2ccc(O)c(C(C)(C)C)c12. The number of carbonyl (C=O) groups is 2. The van der Waals surface area contributed by atoms with Gasteiger partial charge >= 0.3 is 5.97 Å². The average molecular weight is 400 g/mol. The number of fused-ring (bicyclic) bond motifs is 1. The number of ether oxygens (including phenoxy) is 1. The lowest BCUT2D eigenvalue weighted by molar-refractivity contribution is -0.131. The first-order chi connectivity index (χ1) is 13.0. The summed E-state index contributed by atoms with van der Waals surface area (Å²) in [5, 5.41) is 11.6. The summed E-state index contributed by atoms with van der Waals surface area (Å²) in [6.45, 7) is 8.88. The Morgan fingerprint density at radius 1 is 1.07 bits per heavy atom. The van der Waals surface area contributed by atoms with E-state index in [2.05, 4.69) is 0 Å². The number of esters is 1. The molecule has 5 nitrogen and oxygen atoms in total. The molecule has 28 heavy (non-hydrogen) atoms. The van der Waals surface area contributed by atoms with Gasteiger partial charge in [0.15, 0.2) is 5.75 Å². The maximum Gasteiger partial charge on any atom is 0.308 e. The minimum absolute atomic E-state index is 0.0875. The first-order valence-electron chi connectivity index (χ1n) is 8.88. The predicted octanol–water partition coefficient (Wildman–Crippen LogP) is 5.22. The monoisotopic (exact) mass is 399 g/mol. The molecule has 1 N–H and O–H groups in total. The van der Waals surface area contributed by atoms with Crippen molar-refractivity contribution in [1.29, 1.82) is 0 Å². The van der Waals surface area contributed by atoms with Gasteiger partial charge in [0.05, 0.1) is 16.6 Å².